The van der Waals surface area contributed by atoms with Crippen molar-refractivity contribution in [3.63, 3.8) is 0 Å². The number of hydrogen-bond donors (Lipinski definition) is 2. The lowest BCUT2D eigenvalue weighted by Gasteiger charge is -2.23. The first kappa shape index (κ1) is 19.5. The van der Waals surface area contributed by atoms with Crippen LogP contribution in [0, 0.1) is 5.92 Å². The number of carboxylic acids is 1. The number of aliphatic carboxylic acids is 1. The minimum absolute atomic E-state index is 0.0537. The van der Waals surface area contributed by atoms with E-state index in [1.54, 1.807) is 6.92 Å². The molecule has 26 heavy (non-hydrogen) atoms. The molecule has 0 radical (unpaired) electrons. The summed E-state index contributed by atoms with van der Waals surface area (Å²) in [6.45, 7) is 5.48. The van der Waals surface area contributed by atoms with Crippen LogP contribution in [0.3, 0.4) is 0 Å². The van der Waals surface area contributed by atoms with Gasteiger partial charge in [-0.05, 0) is 44.0 Å². The Kier molecular flexibility index (Phi) is 6.78. The van der Waals surface area contributed by atoms with Gasteiger partial charge in [0.15, 0.2) is 0 Å². The van der Waals surface area contributed by atoms with E-state index in [0.29, 0.717) is 5.75 Å². The number of carbonyl (C=O) groups is 2. The molecule has 0 aliphatic heterocycles. The molecule has 2 rings (SSSR count). The highest BCUT2D eigenvalue weighted by Gasteiger charge is 2.26. The fourth-order valence-corrected chi connectivity index (χ4v) is 2.71. The van der Waals surface area contributed by atoms with Crippen molar-refractivity contribution in [3.8, 4) is 5.75 Å². The second-order valence-corrected chi connectivity index (χ2v) is 6.57. The van der Waals surface area contributed by atoms with Crippen LogP contribution >= 0.6 is 0 Å². The van der Waals surface area contributed by atoms with Crippen molar-refractivity contribution in [1.82, 2.24) is 5.32 Å². The third kappa shape index (κ3) is 5.62. The Labute approximate surface area is 154 Å². The zero-order chi connectivity index (χ0) is 19.1. The predicted molar refractivity (Wildman–Crippen MR) is 100 cm³/mol. The molecule has 0 saturated heterocycles. The molecule has 2 unspecified atom stereocenters. The van der Waals surface area contributed by atoms with Gasteiger partial charge in [0.25, 0.3) is 0 Å². The van der Waals surface area contributed by atoms with Gasteiger partial charge in [0, 0.05) is 0 Å². The van der Waals surface area contributed by atoms with Crippen molar-refractivity contribution >= 4 is 11.9 Å². The number of carboxylic acid groups (broad SMARTS) is 1. The number of benzene rings is 2. The Bertz CT molecular complexity index is 743. The molecule has 0 spiro atoms. The number of rotatable bonds is 8. The van der Waals surface area contributed by atoms with Crippen LogP contribution in [0.2, 0.25) is 0 Å². The second kappa shape index (κ2) is 9.04. The standard InChI is InChI=1S/C21H25NO4/c1-14(2)26-18-11-7-8-16(12-18)13-19(23)22-20(15(3)21(24)25)17-9-5-4-6-10-17/h4-12,14-15,20H,13H2,1-3H3,(H,22,23)(H,24,25). The topological polar surface area (TPSA) is 75.6 Å². The lowest BCUT2D eigenvalue weighted by molar-refractivity contribution is -0.142. The highest BCUT2D eigenvalue weighted by Crippen LogP contribution is 2.23. The van der Waals surface area contributed by atoms with Gasteiger partial charge in [0.05, 0.1) is 24.5 Å². The molecule has 0 saturated carbocycles. The fourth-order valence-electron chi connectivity index (χ4n) is 2.71. The van der Waals surface area contributed by atoms with Gasteiger partial charge < -0.3 is 15.2 Å². The van der Waals surface area contributed by atoms with Crippen LogP contribution in [0.25, 0.3) is 0 Å². The summed E-state index contributed by atoms with van der Waals surface area (Å²) in [5.41, 5.74) is 1.59. The van der Waals surface area contributed by atoms with Crippen LogP contribution in [-0.4, -0.2) is 23.1 Å². The van der Waals surface area contributed by atoms with Gasteiger partial charge in [0.1, 0.15) is 5.75 Å². The summed E-state index contributed by atoms with van der Waals surface area (Å²) < 4.78 is 5.65. The van der Waals surface area contributed by atoms with E-state index in [1.807, 2.05) is 68.4 Å². The molecule has 0 aromatic heterocycles. The molecule has 1 amide bonds. The molecule has 2 aromatic carbocycles. The molecule has 2 aromatic rings. The number of nitrogens with one attached hydrogen (secondary N) is 1. The summed E-state index contributed by atoms with van der Waals surface area (Å²) in [4.78, 5) is 23.9. The molecule has 0 bridgehead atoms. The number of ether oxygens (including phenoxy) is 1. The summed E-state index contributed by atoms with van der Waals surface area (Å²) >= 11 is 0. The van der Waals surface area contributed by atoms with Crippen LogP contribution < -0.4 is 10.1 Å². The predicted octanol–water partition coefficient (Wildman–Crippen LogP) is 3.59. The summed E-state index contributed by atoms with van der Waals surface area (Å²) in [5.74, 6) is -1.21. The molecule has 0 heterocycles. The third-order valence-electron chi connectivity index (χ3n) is 4.00. The summed E-state index contributed by atoms with van der Waals surface area (Å²) in [6, 6.07) is 15.9. The smallest absolute Gasteiger partial charge is 0.308 e. The van der Waals surface area contributed by atoms with Gasteiger partial charge in [-0.3, -0.25) is 9.59 Å². The monoisotopic (exact) mass is 355 g/mol. The average Bonchev–Trinajstić information content (AvgIpc) is 2.59. The fraction of sp³-hybridized carbons (Fsp3) is 0.333. The maximum Gasteiger partial charge on any atom is 0.308 e. The number of carbonyl (C=O) groups excluding carboxylic acids is 1. The van der Waals surface area contributed by atoms with E-state index in [9.17, 15) is 14.7 Å². The Balaban J connectivity index is 2.11. The average molecular weight is 355 g/mol. The molecule has 2 N–H and O–H groups in total. The van der Waals surface area contributed by atoms with Crippen LogP contribution in [-0.2, 0) is 16.0 Å². The molecular formula is C21H25NO4. The largest absolute Gasteiger partial charge is 0.491 e. The van der Waals surface area contributed by atoms with Crippen molar-refractivity contribution in [2.75, 3.05) is 0 Å². The maximum absolute atomic E-state index is 12.5. The normalized spacial score (nSPS) is 13.1. The van der Waals surface area contributed by atoms with Gasteiger partial charge >= 0.3 is 5.97 Å². The van der Waals surface area contributed by atoms with Gasteiger partial charge in [-0.1, -0.05) is 42.5 Å². The zero-order valence-electron chi connectivity index (χ0n) is 15.3. The quantitative estimate of drug-likeness (QED) is 0.759. The Morgan fingerprint density at radius 3 is 2.35 bits per heavy atom. The first-order valence-corrected chi connectivity index (χ1v) is 8.69. The highest BCUT2D eigenvalue weighted by atomic mass is 16.5. The molecule has 0 aliphatic carbocycles. The van der Waals surface area contributed by atoms with Gasteiger partial charge in [-0.2, -0.15) is 0 Å². The summed E-state index contributed by atoms with van der Waals surface area (Å²) in [7, 11) is 0. The number of hydrogen-bond acceptors (Lipinski definition) is 3. The molecule has 2 atom stereocenters. The van der Waals surface area contributed by atoms with E-state index in [4.69, 9.17) is 4.74 Å². The lowest BCUT2D eigenvalue weighted by atomic mass is 9.94. The van der Waals surface area contributed by atoms with Crippen LogP contribution in [0.1, 0.15) is 37.9 Å². The SMILES string of the molecule is CC(C)Oc1cccc(CC(=O)NC(c2ccccc2)C(C)C(=O)O)c1. The van der Waals surface area contributed by atoms with E-state index >= 15 is 0 Å². The van der Waals surface area contributed by atoms with E-state index < -0.39 is 17.9 Å². The van der Waals surface area contributed by atoms with Crippen LogP contribution in [0.4, 0.5) is 0 Å². The van der Waals surface area contributed by atoms with E-state index in [1.165, 1.54) is 0 Å². The van der Waals surface area contributed by atoms with E-state index in [0.717, 1.165) is 11.1 Å². The van der Waals surface area contributed by atoms with Crippen molar-refractivity contribution in [1.29, 1.82) is 0 Å². The minimum atomic E-state index is -0.952. The minimum Gasteiger partial charge on any atom is -0.491 e. The summed E-state index contributed by atoms with van der Waals surface area (Å²) in [6.07, 6.45) is 0.211. The lowest BCUT2D eigenvalue weighted by Crippen LogP contribution is -2.36. The molecule has 0 fully saturated rings. The van der Waals surface area contributed by atoms with Crippen molar-refractivity contribution in [2.45, 2.75) is 39.3 Å². The second-order valence-electron chi connectivity index (χ2n) is 6.57. The molecule has 0 aliphatic rings. The Morgan fingerprint density at radius 1 is 1.04 bits per heavy atom. The van der Waals surface area contributed by atoms with Gasteiger partial charge in [-0.15, -0.1) is 0 Å². The molecule has 138 valence electrons. The molecule has 5 nitrogen and oxygen atoms in total. The van der Waals surface area contributed by atoms with Crippen molar-refractivity contribution < 1.29 is 19.4 Å². The van der Waals surface area contributed by atoms with E-state index in [2.05, 4.69) is 5.32 Å². The van der Waals surface area contributed by atoms with Crippen LogP contribution in [0.15, 0.2) is 54.6 Å². The van der Waals surface area contributed by atoms with Crippen molar-refractivity contribution in [3.05, 3.63) is 65.7 Å². The maximum atomic E-state index is 12.5. The first-order chi connectivity index (χ1) is 12.4. The Hall–Kier alpha value is -2.82. The first-order valence-electron chi connectivity index (χ1n) is 8.69. The van der Waals surface area contributed by atoms with Gasteiger partial charge in [-0.25, -0.2) is 0 Å². The molecular weight excluding hydrogens is 330 g/mol. The van der Waals surface area contributed by atoms with Gasteiger partial charge in [0.2, 0.25) is 5.91 Å². The third-order valence-corrected chi connectivity index (χ3v) is 4.00. The van der Waals surface area contributed by atoms with Crippen molar-refractivity contribution in [2.24, 2.45) is 5.92 Å². The Morgan fingerprint density at radius 2 is 1.73 bits per heavy atom. The van der Waals surface area contributed by atoms with Crippen LogP contribution in [0.5, 0.6) is 5.75 Å². The number of amides is 1. The molecule has 5 heteroatoms. The summed E-state index contributed by atoms with van der Waals surface area (Å²) in [5, 5.41) is 12.2. The zero-order valence-corrected chi connectivity index (χ0v) is 15.3. The van der Waals surface area contributed by atoms with E-state index in [-0.39, 0.29) is 18.4 Å². The highest BCUT2D eigenvalue weighted by molar-refractivity contribution is 5.80.